The Labute approximate surface area is 174 Å². The van der Waals surface area contributed by atoms with Gasteiger partial charge in [0.15, 0.2) is 5.58 Å². The number of rotatable bonds is 8. The highest BCUT2D eigenvalue weighted by atomic mass is 32.2. The Morgan fingerprint density at radius 2 is 2.03 bits per heavy atom. The zero-order valence-corrected chi connectivity index (χ0v) is 17.8. The summed E-state index contributed by atoms with van der Waals surface area (Å²) >= 11 is 0. The first-order valence-electron chi connectivity index (χ1n) is 9.46. The normalized spacial score (nSPS) is 12.9. The molecule has 0 unspecified atom stereocenters. The molecule has 0 aliphatic rings. The summed E-state index contributed by atoms with van der Waals surface area (Å²) in [4.78, 5) is 28.3. The molecule has 9 nitrogen and oxygen atoms in total. The fraction of sp³-hybridized carbons (Fsp3) is 0.350. The molecule has 0 saturated heterocycles. The molecule has 2 N–H and O–H groups in total. The van der Waals surface area contributed by atoms with E-state index in [0.717, 1.165) is 5.56 Å². The number of pyridine rings is 1. The van der Waals surface area contributed by atoms with Crippen molar-refractivity contribution >= 4 is 27.0 Å². The third kappa shape index (κ3) is 4.95. The van der Waals surface area contributed by atoms with Gasteiger partial charge in [0, 0.05) is 32.1 Å². The quantitative estimate of drug-likeness (QED) is 0.557. The van der Waals surface area contributed by atoms with Crippen LogP contribution in [-0.4, -0.2) is 29.9 Å². The Balaban J connectivity index is 1.80. The van der Waals surface area contributed by atoms with Gasteiger partial charge in [0.2, 0.25) is 15.9 Å². The van der Waals surface area contributed by atoms with Crippen LogP contribution in [0, 0.1) is 5.92 Å². The monoisotopic (exact) mass is 432 g/mol. The molecule has 0 radical (unpaired) electrons. The van der Waals surface area contributed by atoms with Gasteiger partial charge in [0.25, 0.3) is 0 Å². The molecule has 30 heavy (non-hydrogen) atoms. The average Bonchev–Trinajstić information content (AvgIpc) is 2.99. The van der Waals surface area contributed by atoms with E-state index < -0.39 is 27.7 Å². The lowest BCUT2D eigenvalue weighted by Crippen LogP contribution is -2.47. The van der Waals surface area contributed by atoms with Crippen LogP contribution in [0.2, 0.25) is 0 Å². The van der Waals surface area contributed by atoms with E-state index in [1.165, 1.54) is 29.8 Å². The van der Waals surface area contributed by atoms with Crippen LogP contribution in [0.15, 0.2) is 56.8 Å². The average molecular weight is 433 g/mol. The lowest BCUT2D eigenvalue weighted by atomic mass is 10.0. The van der Waals surface area contributed by atoms with E-state index in [2.05, 4.69) is 15.0 Å². The van der Waals surface area contributed by atoms with Crippen molar-refractivity contribution in [1.29, 1.82) is 0 Å². The van der Waals surface area contributed by atoms with E-state index >= 15 is 0 Å². The van der Waals surface area contributed by atoms with Crippen molar-refractivity contribution in [3.05, 3.63) is 58.8 Å². The summed E-state index contributed by atoms with van der Waals surface area (Å²) in [5, 5.41) is 2.75. The molecule has 2 aromatic heterocycles. The lowest BCUT2D eigenvalue weighted by Gasteiger charge is -2.20. The van der Waals surface area contributed by atoms with Crippen molar-refractivity contribution in [3.63, 3.8) is 0 Å². The van der Waals surface area contributed by atoms with E-state index in [-0.39, 0.29) is 22.9 Å². The number of carbonyl (C=O) groups excluding carboxylic acids is 1. The van der Waals surface area contributed by atoms with Gasteiger partial charge in [0.05, 0.1) is 10.4 Å². The highest BCUT2D eigenvalue weighted by Gasteiger charge is 2.27. The van der Waals surface area contributed by atoms with Crippen LogP contribution < -0.4 is 15.8 Å². The summed E-state index contributed by atoms with van der Waals surface area (Å²) in [6.07, 6.45) is 3.58. The second kappa shape index (κ2) is 8.80. The molecule has 0 aliphatic carbocycles. The van der Waals surface area contributed by atoms with Crippen molar-refractivity contribution in [2.75, 3.05) is 0 Å². The zero-order valence-electron chi connectivity index (χ0n) is 17.0. The van der Waals surface area contributed by atoms with Crippen molar-refractivity contribution in [3.8, 4) is 0 Å². The Morgan fingerprint density at radius 3 is 2.70 bits per heavy atom. The minimum Gasteiger partial charge on any atom is -0.408 e. The highest BCUT2D eigenvalue weighted by molar-refractivity contribution is 7.89. The van der Waals surface area contributed by atoms with Crippen molar-refractivity contribution in [2.45, 2.75) is 37.8 Å². The molecule has 1 aromatic carbocycles. The van der Waals surface area contributed by atoms with Crippen LogP contribution in [0.5, 0.6) is 0 Å². The number of aromatic nitrogens is 2. The molecule has 3 aromatic rings. The van der Waals surface area contributed by atoms with E-state index in [9.17, 15) is 18.0 Å². The van der Waals surface area contributed by atoms with Gasteiger partial charge in [-0.1, -0.05) is 19.9 Å². The number of carbonyl (C=O) groups is 1. The Kier molecular flexibility index (Phi) is 6.37. The maximum Gasteiger partial charge on any atom is 0.419 e. The van der Waals surface area contributed by atoms with Crippen LogP contribution in [0.3, 0.4) is 0 Å². The first kappa shape index (κ1) is 21.7. The van der Waals surface area contributed by atoms with Crippen molar-refractivity contribution in [1.82, 2.24) is 19.6 Å². The maximum absolute atomic E-state index is 12.9. The molecule has 0 aliphatic heterocycles. The minimum absolute atomic E-state index is 0.0801. The molecule has 3 rings (SSSR count). The van der Waals surface area contributed by atoms with Gasteiger partial charge in [-0.2, -0.15) is 4.72 Å². The third-order valence-electron chi connectivity index (χ3n) is 4.58. The second-order valence-electron chi connectivity index (χ2n) is 7.44. The van der Waals surface area contributed by atoms with Gasteiger partial charge < -0.3 is 9.73 Å². The summed E-state index contributed by atoms with van der Waals surface area (Å²) in [7, 11) is -2.49. The first-order valence-corrected chi connectivity index (χ1v) is 10.9. The van der Waals surface area contributed by atoms with E-state index in [1.807, 2.05) is 19.9 Å². The van der Waals surface area contributed by atoms with E-state index in [0.29, 0.717) is 11.9 Å². The summed E-state index contributed by atoms with van der Waals surface area (Å²) in [5.41, 5.74) is 1.44. The molecule has 1 atom stereocenters. The topological polar surface area (TPSA) is 123 Å². The molecule has 1 amide bonds. The molecule has 160 valence electrons. The summed E-state index contributed by atoms with van der Waals surface area (Å²) in [6, 6.07) is 6.77. The number of sulfonamides is 1. The Hall–Kier alpha value is -2.98. The van der Waals surface area contributed by atoms with Crippen molar-refractivity contribution < 1.29 is 17.6 Å². The summed E-state index contributed by atoms with van der Waals surface area (Å²) in [6.45, 7) is 4.05. The van der Waals surface area contributed by atoms with E-state index in [1.54, 1.807) is 18.5 Å². The number of aryl methyl sites for hydroxylation is 1. The van der Waals surface area contributed by atoms with Gasteiger partial charge in [-0.15, -0.1) is 0 Å². The van der Waals surface area contributed by atoms with Gasteiger partial charge in [-0.25, -0.2) is 13.2 Å². The fourth-order valence-corrected chi connectivity index (χ4v) is 4.26. The van der Waals surface area contributed by atoms with Crippen molar-refractivity contribution in [2.24, 2.45) is 13.0 Å². The van der Waals surface area contributed by atoms with Gasteiger partial charge in [-0.05, 0) is 36.1 Å². The zero-order chi connectivity index (χ0) is 21.9. The first-order chi connectivity index (χ1) is 14.2. The number of fused-ring (bicyclic) bond motifs is 1. The van der Waals surface area contributed by atoms with Gasteiger partial charge in [-0.3, -0.25) is 14.3 Å². The molecule has 0 bridgehead atoms. The largest absolute Gasteiger partial charge is 0.419 e. The predicted molar refractivity (Wildman–Crippen MR) is 111 cm³/mol. The number of amides is 1. The standard InChI is InChI=1S/C20H24N4O5S/c1-13(2)9-16(19(25)22-12-14-5-4-8-21-11-14)23-30(27,28)15-6-7-17-18(10-15)29-20(26)24(17)3/h4-8,10-11,13,16,23H,9,12H2,1-3H3,(H,22,25)/t16-/m1/s1. The van der Waals surface area contributed by atoms with Crippen LogP contribution in [0.4, 0.5) is 0 Å². The molecular weight excluding hydrogens is 408 g/mol. The molecular formula is C20H24N4O5S. The van der Waals surface area contributed by atoms with E-state index in [4.69, 9.17) is 4.42 Å². The Morgan fingerprint density at radius 1 is 1.27 bits per heavy atom. The SMILES string of the molecule is CC(C)C[C@@H](NS(=O)(=O)c1ccc2c(c1)oc(=O)n2C)C(=O)NCc1cccnc1. The highest BCUT2D eigenvalue weighted by Crippen LogP contribution is 2.19. The van der Waals surface area contributed by atoms with Gasteiger partial charge >= 0.3 is 5.76 Å². The molecule has 2 heterocycles. The smallest absolute Gasteiger partial charge is 0.408 e. The van der Waals surface area contributed by atoms with Crippen LogP contribution in [-0.2, 0) is 28.4 Å². The molecule has 0 spiro atoms. The molecule has 0 fully saturated rings. The number of benzene rings is 1. The third-order valence-corrected chi connectivity index (χ3v) is 6.05. The lowest BCUT2D eigenvalue weighted by molar-refractivity contribution is -0.123. The minimum atomic E-state index is -4.02. The molecule has 10 heteroatoms. The second-order valence-corrected chi connectivity index (χ2v) is 9.15. The maximum atomic E-state index is 12.9. The number of oxazole rings is 1. The Bertz CT molecular complexity index is 1200. The summed E-state index contributed by atoms with van der Waals surface area (Å²) in [5.74, 6) is -0.931. The molecule has 0 saturated carbocycles. The summed E-state index contributed by atoms with van der Waals surface area (Å²) < 4.78 is 34.7. The number of hydrogen-bond acceptors (Lipinski definition) is 6. The van der Waals surface area contributed by atoms with Crippen LogP contribution >= 0.6 is 0 Å². The predicted octanol–water partition coefficient (Wildman–Crippen LogP) is 1.54. The number of nitrogens with one attached hydrogen (secondary N) is 2. The number of nitrogens with zero attached hydrogens (tertiary/aromatic N) is 2. The number of hydrogen-bond donors (Lipinski definition) is 2. The van der Waals surface area contributed by atoms with Gasteiger partial charge in [0.1, 0.15) is 6.04 Å². The van der Waals surface area contributed by atoms with Crippen LogP contribution in [0.1, 0.15) is 25.8 Å². The van der Waals surface area contributed by atoms with Crippen LogP contribution in [0.25, 0.3) is 11.1 Å². The fourth-order valence-electron chi connectivity index (χ4n) is 3.03.